The van der Waals surface area contributed by atoms with E-state index < -0.39 is 0 Å². The molecule has 1 aliphatic heterocycles. The molecule has 6 rings (SSSR count). The first-order valence-electron chi connectivity index (χ1n) is 12.1. The van der Waals surface area contributed by atoms with Crippen molar-refractivity contribution in [2.24, 2.45) is 0 Å². The van der Waals surface area contributed by atoms with Crippen molar-refractivity contribution in [2.75, 3.05) is 31.6 Å². The van der Waals surface area contributed by atoms with Gasteiger partial charge in [0.25, 0.3) is 5.91 Å². The summed E-state index contributed by atoms with van der Waals surface area (Å²) in [6, 6.07) is 11.2. The Morgan fingerprint density at radius 3 is 2.82 bits per heavy atom. The van der Waals surface area contributed by atoms with Crippen molar-refractivity contribution in [2.45, 2.75) is 6.61 Å². The topological polar surface area (TPSA) is 131 Å². The second-order valence-electron chi connectivity index (χ2n) is 8.68. The molecule has 11 heteroatoms. The van der Waals surface area contributed by atoms with Crippen LogP contribution in [0, 0.1) is 0 Å². The highest BCUT2D eigenvalue weighted by atomic mass is 16.5. The Bertz CT molecular complexity index is 1550. The number of aromatic nitrogens is 6. The molecule has 5 aromatic rings. The summed E-state index contributed by atoms with van der Waals surface area (Å²) in [6.45, 7) is 2.55. The van der Waals surface area contributed by atoms with E-state index in [1.807, 2.05) is 36.4 Å². The molecule has 0 atom stereocenters. The number of rotatable bonds is 7. The minimum atomic E-state index is -0.0203. The van der Waals surface area contributed by atoms with E-state index in [1.165, 1.54) is 0 Å². The molecule has 0 saturated carbocycles. The van der Waals surface area contributed by atoms with E-state index in [4.69, 9.17) is 14.5 Å². The highest BCUT2D eigenvalue weighted by Gasteiger charge is 2.19. The van der Waals surface area contributed by atoms with Crippen molar-refractivity contribution in [3.05, 3.63) is 84.8 Å². The van der Waals surface area contributed by atoms with Crippen LogP contribution in [-0.4, -0.2) is 67.2 Å². The van der Waals surface area contributed by atoms with Gasteiger partial charge in [-0.15, -0.1) is 0 Å². The Morgan fingerprint density at radius 1 is 1.08 bits per heavy atom. The van der Waals surface area contributed by atoms with Gasteiger partial charge in [0.2, 0.25) is 5.95 Å². The highest BCUT2D eigenvalue weighted by Crippen LogP contribution is 2.34. The van der Waals surface area contributed by atoms with Crippen molar-refractivity contribution in [3.8, 4) is 16.9 Å². The lowest BCUT2D eigenvalue weighted by molar-refractivity contribution is 0.0303. The Morgan fingerprint density at radius 2 is 2.00 bits per heavy atom. The van der Waals surface area contributed by atoms with Gasteiger partial charge in [0.15, 0.2) is 0 Å². The van der Waals surface area contributed by atoms with E-state index in [-0.39, 0.29) is 12.5 Å². The lowest BCUT2D eigenvalue weighted by atomic mass is 10.1. The van der Waals surface area contributed by atoms with Gasteiger partial charge in [-0.2, -0.15) is 5.10 Å². The first kappa shape index (κ1) is 23.5. The molecule has 1 amide bonds. The fraction of sp³-hybridized carbons (Fsp3) is 0.185. The van der Waals surface area contributed by atoms with Crippen LogP contribution in [0.3, 0.4) is 0 Å². The molecule has 0 spiro atoms. The zero-order valence-corrected chi connectivity index (χ0v) is 20.4. The van der Waals surface area contributed by atoms with Gasteiger partial charge in [0, 0.05) is 71.7 Å². The van der Waals surface area contributed by atoms with Gasteiger partial charge >= 0.3 is 0 Å². The van der Waals surface area contributed by atoms with Crippen LogP contribution in [0.15, 0.2) is 73.6 Å². The number of carbonyl (C=O) groups is 1. The van der Waals surface area contributed by atoms with E-state index in [0.29, 0.717) is 54.8 Å². The van der Waals surface area contributed by atoms with Gasteiger partial charge in [-0.05, 0) is 24.3 Å². The zero-order chi connectivity index (χ0) is 25.7. The number of hydrogen-bond donors (Lipinski definition) is 2. The predicted octanol–water partition coefficient (Wildman–Crippen LogP) is 3.60. The van der Waals surface area contributed by atoms with E-state index in [1.54, 1.807) is 42.1 Å². The number of benzene rings is 2. The van der Waals surface area contributed by atoms with E-state index in [9.17, 15) is 4.79 Å². The molecule has 4 heterocycles. The Kier molecular flexibility index (Phi) is 6.56. The van der Waals surface area contributed by atoms with Crippen LogP contribution in [-0.2, 0) is 11.3 Å². The number of carbonyl (C=O) groups excluding carboxylic acids is 1. The number of anilines is 2. The van der Waals surface area contributed by atoms with Crippen LogP contribution in [0.2, 0.25) is 0 Å². The van der Waals surface area contributed by atoms with Crippen LogP contribution in [0.5, 0.6) is 5.75 Å². The van der Waals surface area contributed by atoms with Gasteiger partial charge < -0.3 is 19.7 Å². The van der Waals surface area contributed by atoms with Crippen molar-refractivity contribution < 1.29 is 14.3 Å². The van der Waals surface area contributed by atoms with Crippen LogP contribution in [0.1, 0.15) is 16.1 Å². The number of nitrogens with zero attached hydrogens (tertiary/aromatic N) is 6. The summed E-state index contributed by atoms with van der Waals surface area (Å²) in [6.07, 6.45) is 10.2. The molecule has 0 aliphatic carbocycles. The molecule has 0 radical (unpaired) electrons. The number of fused-ring (bicyclic) bond motifs is 1. The fourth-order valence-corrected chi connectivity index (χ4v) is 4.23. The summed E-state index contributed by atoms with van der Waals surface area (Å²) >= 11 is 0. The molecule has 0 unspecified atom stereocenters. The number of aromatic amines is 1. The van der Waals surface area contributed by atoms with Gasteiger partial charge in [-0.1, -0.05) is 6.07 Å². The second-order valence-corrected chi connectivity index (χ2v) is 8.68. The Hall–Kier alpha value is -4.90. The van der Waals surface area contributed by atoms with E-state index in [0.717, 1.165) is 22.2 Å². The summed E-state index contributed by atoms with van der Waals surface area (Å²) in [5.74, 6) is 1.02. The SMILES string of the molecule is O=C(c1cccc(Nc2ncc3cc(-c4cn[nH]c4)c(OCc4cnccn4)cc3n2)c1)N1CCOCC1. The molecule has 190 valence electrons. The summed E-state index contributed by atoms with van der Waals surface area (Å²) in [5, 5.41) is 11.0. The van der Waals surface area contributed by atoms with Crippen molar-refractivity contribution >= 4 is 28.4 Å². The zero-order valence-electron chi connectivity index (χ0n) is 20.4. The average molecular weight is 509 g/mol. The minimum absolute atomic E-state index is 0.0203. The van der Waals surface area contributed by atoms with Gasteiger partial charge in [0.1, 0.15) is 12.4 Å². The van der Waals surface area contributed by atoms with Crippen LogP contribution in [0.25, 0.3) is 22.0 Å². The van der Waals surface area contributed by atoms with Crippen LogP contribution in [0.4, 0.5) is 11.6 Å². The first-order chi connectivity index (χ1) is 18.7. The summed E-state index contributed by atoms with van der Waals surface area (Å²) in [7, 11) is 0. The van der Waals surface area contributed by atoms with Crippen LogP contribution < -0.4 is 10.1 Å². The minimum Gasteiger partial charge on any atom is -0.487 e. The molecule has 1 aliphatic rings. The summed E-state index contributed by atoms with van der Waals surface area (Å²) in [4.78, 5) is 32.3. The number of morpholine rings is 1. The molecule has 2 N–H and O–H groups in total. The third-order valence-electron chi connectivity index (χ3n) is 6.15. The van der Waals surface area contributed by atoms with Crippen molar-refractivity contribution in [1.82, 2.24) is 35.0 Å². The molecule has 3 aromatic heterocycles. The molecular formula is C27H24N8O3. The first-order valence-corrected chi connectivity index (χ1v) is 12.1. The van der Waals surface area contributed by atoms with E-state index in [2.05, 4.69) is 30.5 Å². The molecular weight excluding hydrogens is 484 g/mol. The number of amides is 1. The normalized spacial score (nSPS) is 13.4. The fourth-order valence-electron chi connectivity index (χ4n) is 4.23. The van der Waals surface area contributed by atoms with Crippen molar-refractivity contribution in [1.29, 1.82) is 0 Å². The van der Waals surface area contributed by atoms with Gasteiger partial charge in [-0.3, -0.25) is 19.9 Å². The van der Waals surface area contributed by atoms with Gasteiger partial charge in [0.05, 0.1) is 36.8 Å². The lowest BCUT2D eigenvalue weighted by Crippen LogP contribution is -2.40. The molecule has 1 saturated heterocycles. The Labute approximate surface area is 217 Å². The second kappa shape index (κ2) is 10.6. The average Bonchev–Trinajstić information content (AvgIpc) is 3.51. The van der Waals surface area contributed by atoms with Crippen LogP contribution >= 0.6 is 0 Å². The summed E-state index contributed by atoms with van der Waals surface area (Å²) in [5.41, 5.74) is 4.46. The summed E-state index contributed by atoms with van der Waals surface area (Å²) < 4.78 is 11.5. The number of H-pyrrole nitrogens is 1. The van der Waals surface area contributed by atoms with Crippen molar-refractivity contribution in [3.63, 3.8) is 0 Å². The molecule has 1 fully saturated rings. The number of hydrogen-bond acceptors (Lipinski definition) is 9. The lowest BCUT2D eigenvalue weighted by Gasteiger charge is -2.27. The third kappa shape index (κ3) is 5.13. The molecule has 0 bridgehead atoms. The third-order valence-corrected chi connectivity index (χ3v) is 6.15. The highest BCUT2D eigenvalue weighted by molar-refractivity contribution is 5.95. The van der Waals surface area contributed by atoms with Gasteiger partial charge in [-0.25, -0.2) is 9.97 Å². The number of nitrogens with one attached hydrogen (secondary N) is 2. The molecule has 11 nitrogen and oxygen atoms in total. The van der Waals surface area contributed by atoms with E-state index >= 15 is 0 Å². The number of ether oxygens (including phenoxy) is 2. The molecule has 2 aromatic carbocycles. The Balaban J connectivity index is 1.27. The predicted molar refractivity (Wildman–Crippen MR) is 140 cm³/mol. The molecule has 38 heavy (non-hydrogen) atoms. The largest absolute Gasteiger partial charge is 0.487 e. The smallest absolute Gasteiger partial charge is 0.254 e. The standard InChI is InChI=1S/C27H24N8O3/c36-26(35-6-8-37-9-7-35)18-2-1-3-21(10-18)33-27-30-13-19-11-23(20-14-31-32-15-20)25(12-24(19)34-27)38-17-22-16-28-4-5-29-22/h1-5,10-16H,6-9,17H2,(H,31,32)(H,30,33,34). The maximum atomic E-state index is 12.9. The monoisotopic (exact) mass is 508 g/mol. The quantitative estimate of drug-likeness (QED) is 0.338. The maximum Gasteiger partial charge on any atom is 0.254 e. The maximum absolute atomic E-state index is 12.9.